The molecule has 5 nitrogen and oxygen atoms in total. The molecule has 1 atom stereocenters. The molecule has 0 bridgehead atoms. The quantitative estimate of drug-likeness (QED) is 0.606. The van der Waals surface area contributed by atoms with E-state index in [9.17, 15) is 9.90 Å². The van der Waals surface area contributed by atoms with Gasteiger partial charge < -0.3 is 15.6 Å². The van der Waals surface area contributed by atoms with Crippen LogP contribution in [0.2, 0.25) is 0 Å². The second kappa shape index (κ2) is 6.71. The van der Waals surface area contributed by atoms with Crippen molar-refractivity contribution in [2.75, 3.05) is 0 Å². The van der Waals surface area contributed by atoms with E-state index in [0.717, 1.165) is 20.8 Å². The van der Waals surface area contributed by atoms with Gasteiger partial charge in [0.2, 0.25) is 0 Å². The Hall–Kier alpha value is -3.12. The van der Waals surface area contributed by atoms with Gasteiger partial charge in [-0.3, -0.25) is 4.79 Å². The molecular weight excluding hydrogens is 396 g/mol. The van der Waals surface area contributed by atoms with Gasteiger partial charge in [-0.1, -0.05) is 38.1 Å². The predicted molar refractivity (Wildman–Crippen MR) is 118 cm³/mol. The Morgan fingerprint density at radius 3 is 2.57 bits per heavy atom. The number of phenolic OH excluding ortho intramolecular Hbond substituents is 1. The monoisotopic (exact) mass is 418 g/mol. The van der Waals surface area contributed by atoms with E-state index < -0.39 is 0 Å². The van der Waals surface area contributed by atoms with Crippen molar-refractivity contribution in [3.63, 3.8) is 0 Å². The maximum absolute atomic E-state index is 13.3. The van der Waals surface area contributed by atoms with Crippen LogP contribution >= 0.6 is 11.3 Å². The number of thiazole rings is 1. The highest BCUT2D eigenvalue weighted by atomic mass is 32.1. The Balaban J connectivity index is 1.72. The molecule has 0 amide bonds. The minimum Gasteiger partial charge on any atom is -0.508 e. The molecule has 6 heteroatoms. The molecule has 1 aliphatic heterocycles. The van der Waals surface area contributed by atoms with Gasteiger partial charge in [-0.05, 0) is 35.2 Å². The zero-order valence-corrected chi connectivity index (χ0v) is 17.6. The first-order valence-electron chi connectivity index (χ1n) is 9.91. The summed E-state index contributed by atoms with van der Waals surface area (Å²) in [5.74, 6) is 0.812. The molecular formula is C24H22N2O3S. The highest BCUT2D eigenvalue weighted by Crippen LogP contribution is 2.51. The Morgan fingerprint density at radius 1 is 1.10 bits per heavy atom. The summed E-state index contributed by atoms with van der Waals surface area (Å²) >= 11 is 1.54. The second-order valence-corrected chi connectivity index (χ2v) is 9.70. The number of aromatic hydroxyl groups is 1. The summed E-state index contributed by atoms with van der Waals surface area (Å²) in [5.41, 5.74) is 9.43. The molecule has 152 valence electrons. The molecule has 0 saturated heterocycles. The molecule has 2 aliphatic rings. The number of aromatic nitrogens is 1. The zero-order valence-electron chi connectivity index (χ0n) is 16.8. The standard InChI is InChI=1S/C24H22N2O3S/c1-24(2)11-16(28)20-17(12-24)29-22(25)21(19(20)13-7-9-14(27)10-8-13)23-26-15-5-3-4-6-18(15)30-23/h3-10,19,27H,11-12,25H2,1-2H3. The van der Waals surface area contributed by atoms with Gasteiger partial charge in [-0.25, -0.2) is 4.98 Å². The van der Waals surface area contributed by atoms with Gasteiger partial charge in [0.25, 0.3) is 0 Å². The lowest BCUT2D eigenvalue weighted by Gasteiger charge is -2.38. The van der Waals surface area contributed by atoms with E-state index >= 15 is 0 Å². The Kier molecular flexibility index (Phi) is 4.22. The van der Waals surface area contributed by atoms with Crippen molar-refractivity contribution >= 4 is 32.9 Å². The average molecular weight is 419 g/mol. The zero-order chi connectivity index (χ0) is 21.0. The Bertz CT molecular complexity index is 1200. The number of hydrogen-bond donors (Lipinski definition) is 2. The number of benzene rings is 2. The number of rotatable bonds is 2. The smallest absolute Gasteiger partial charge is 0.197 e. The molecule has 1 aromatic heterocycles. The van der Waals surface area contributed by atoms with Crippen LogP contribution in [0.5, 0.6) is 5.75 Å². The first-order chi connectivity index (χ1) is 14.3. The van der Waals surface area contributed by atoms with Gasteiger partial charge in [0, 0.05) is 24.3 Å². The van der Waals surface area contributed by atoms with Crippen molar-refractivity contribution in [2.24, 2.45) is 11.1 Å². The molecule has 2 heterocycles. The van der Waals surface area contributed by atoms with Crippen LogP contribution in [-0.4, -0.2) is 15.9 Å². The Labute approximate surface area is 178 Å². The van der Waals surface area contributed by atoms with Gasteiger partial charge in [0.05, 0.1) is 15.8 Å². The summed E-state index contributed by atoms with van der Waals surface area (Å²) < 4.78 is 7.12. The highest BCUT2D eigenvalue weighted by molar-refractivity contribution is 7.19. The highest BCUT2D eigenvalue weighted by Gasteiger charge is 2.43. The van der Waals surface area contributed by atoms with E-state index in [-0.39, 0.29) is 28.7 Å². The molecule has 0 radical (unpaired) electrons. The van der Waals surface area contributed by atoms with Gasteiger partial charge in [0.15, 0.2) is 11.7 Å². The second-order valence-electron chi connectivity index (χ2n) is 8.67. The SMILES string of the molecule is CC1(C)CC(=O)C2=C(C1)OC(N)=C(c1nc3ccccc3s1)C2c1ccc(O)cc1. The predicted octanol–water partition coefficient (Wildman–Crippen LogP) is 5.09. The number of ether oxygens (including phenoxy) is 1. The number of phenols is 1. The molecule has 0 saturated carbocycles. The summed E-state index contributed by atoms with van der Waals surface area (Å²) in [7, 11) is 0. The van der Waals surface area contributed by atoms with E-state index in [4.69, 9.17) is 15.5 Å². The van der Waals surface area contributed by atoms with Crippen molar-refractivity contribution < 1.29 is 14.6 Å². The number of ketones is 1. The largest absolute Gasteiger partial charge is 0.508 e. The van der Waals surface area contributed by atoms with E-state index in [1.54, 1.807) is 12.1 Å². The van der Waals surface area contributed by atoms with Crippen LogP contribution in [0.3, 0.4) is 0 Å². The van der Waals surface area contributed by atoms with Crippen molar-refractivity contribution in [1.29, 1.82) is 0 Å². The van der Waals surface area contributed by atoms with E-state index in [1.165, 1.54) is 11.3 Å². The van der Waals surface area contributed by atoms with E-state index in [0.29, 0.717) is 29.7 Å². The minimum atomic E-state index is -0.376. The number of carbonyl (C=O) groups excluding carboxylic acids is 1. The van der Waals surface area contributed by atoms with Crippen LogP contribution in [0.1, 0.15) is 43.2 Å². The molecule has 1 aliphatic carbocycles. The van der Waals surface area contributed by atoms with Crippen LogP contribution in [0.25, 0.3) is 15.8 Å². The number of para-hydroxylation sites is 1. The van der Waals surface area contributed by atoms with Gasteiger partial charge >= 0.3 is 0 Å². The average Bonchev–Trinajstić information content (AvgIpc) is 3.10. The minimum absolute atomic E-state index is 0.0745. The fraction of sp³-hybridized carbons (Fsp3) is 0.250. The number of allylic oxidation sites excluding steroid dienone is 3. The number of nitrogens with zero attached hydrogens (tertiary/aromatic N) is 1. The summed E-state index contributed by atoms with van der Waals surface area (Å²) in [6.45, 7) is 4.13. The maximum Gasteiger partial charge on any atom is 0.197 e. The normalized spacial score (nSPS) is 21.0. The van der Waals surface area contributed by atoms with Crippen LogP contribution in [0.4, 0.5) is 0 Å². The lowest BCUT2D eigenvalue weighted by Crippen LogP contribution is -2.33. The van der Waals surface area contributed by atoms with Crippen molar-refractivity contribution in [2.45, 2.75) is 32.6 Å². The first kappa shape index (κ1) is 18.9. The van der Waals surface area contributed by atoms with Crippen molar-refractivity contribution in [1.82, 2.24) is 4.98 Å². The molecule has 0 spiro atoms. The van der Waals surface area contributed by atoms with Crippen LogP contribution in [-0.2, 0) is 9.53 Å². The Morgan fingerprint density at radius 2 is 1.83 bits per heavy atom. The van der Waals surface area contributed by atoms with Crippen LogP contribution in [0, 0.1) is 5.41 Å². The van der Waals surface area contributed by atoms with Gasteiger partial charge in [-0.2, -0.15) is 0 Å². The van der Waals surface area contributed by atoms with E-state index in [1.807, 2.05) is 36.4 Å². The third-order valence-electron chi connectivity index (χ3n) is 5.71. The number of Topliss-reactive ketones (excluding diaryl/α,β-unsaturated/α-hetero) is 1. The number of hydrogen-bond acceptors (Lipinski definition) is 6. The molecule has 1 unspecified atom stereocenters. The van der Waals surface area contributed by atoms with Gasteiger partial charge in [0.1, 0.15) is 16.5 Å². The molecule has 5 rings (SSSR count). The van der Waals surface area contributed by atoms with Crippen LogP contribution in [0.15, 0.2) is 65.7 Å². The molecule has 0 fully saturated rings. The summed E-state index contributed by atoms with van der Waals surface area (Å²) in [4.78, 5) is 18.1. The molecule has 3 aromatic rings. The maximum atomic E-state index is 13.3. The molecule has 30 heavy (non-hydrogen) atoms. The first-order valence-corrected chi connectivity index (χ1v) is 10.7. The number of fused-ring (bicyclic) bond motifs is 1. The fourth-order valence-corrected chi connectivity index (χ4v) is 5.43. The third kappa shape index (κ3) is 3.08. The summed E-state index contributed by atoms with van der Waals surface area (Å²) in [6.07, 6.45) is 1.10. The van der Waals surface area contributed by atoms with Crippen molar-refractivity contribution in [3.05, 3.63) is 76.3 Å². The number of nitrogens with two attached hydrogens (primary N) is 1. The fourth-order valence-electron chi connectivity index (χ4n) is 4.38. The third-order valence-corrected chi connectivity index (χ3v) is 6.78. The summed E-state index contributed by atoms with van der Waals surface area (Å²) in [6, 6.07) is 14.8. The van der Waals surface area contributed by atoms with Crippen molar-refractivity contribution in [3.8, 4) is 5.75 Å². The lowest BCUT2D eigenvalue weighted by molar-refractivity contribution is -0.118. The number of carbonyl (C=O) groups is 1. The van der Waals surface area contributed by atoms with Crippen LogP contribution < -0.4 is 5.73 Å². The van der Waals surface area contributed by atoms with Gasteiger partial charge in [-0.15, -0.1) is 11.3 Å². The van der Waals surface area contributed by atoms with E-state index in [2.05, 4.69) is 13.8 Å². The molecule has 2 aromatic carbocycles. The summed E-state index contributed by atoms with van der Waals surface area (Å²) in [5, 5.41) is 10.5. The lowest BCUT2D eigenvalue weighted by atomic mass is 9.70. The molecule has 3 N–H and O–H groups in total. The topological polar surface area (TPSA) is 85.4 Å².